The number of aromatic nitrogens is 2. The summed E-state index contributed by atoms with van der Waals surface area (Å²) in [5, 5.41) is 17.2. The topological polar surface area (TPSA) is 120 Å². The summed E-state index contributed by atoms with van der Waals surface area (Å²) in [6, 6.07) is 4.56. The van der Waals surface area contributed by atoms with Crippen LogP contribution in [0.4, 0.5) is 11.6 Å². The van der Waals surface area contributed by atoms with E-state index in [-0.39, 0.29) is 11.6 Å². The summed E-state index contributed by atoms with van der Waals surface area (Å²) in [7, 11) is 0. The minimum atomic E-state index is -0.921. The molecule has 0 fully saturated rings. The Hall–Kier alpha value is -2.97. The summed E-state index contributed by atoms with van der Waals surface area (Å²) >= 11 is 0. The normalized spacial score (nSPS) is 11.8. The quantitative estimate of drug-likeness (QED) is 0.640. The molecule has 9 heteroatoms. The predicted octanol–water partition coefficient (Wildman–Crippen LogP) is 2.39. The molecule has 0 bridgehead atoms. The third-order valence-electron chi connectivity index (χ3n) is 2.96. The molecule has 1 atom stereocenters. The SMILES string of the molecule is CC[C@H](Oc1ccc(C)nc1[N+](=O)[O-])C(=O)Nc1cc(C)on1. The van der Waals surface area contributed by atoms with Gasteiger partial charge in [0.05, 0.1) is 0 Å². The minimum Gasteiger partial charge on any atom is -0.472 e. The van der Waals surface area contributed by atoms with Crippen LogP contribution in [0.15, 0.2) is 22.7 Å². The molecule has 0 radical (unpaired) electrons. The molecule has 0 aliphatic rings. The number of hydrogen-bond donors (Lipinski definition) is 1. The summed E-state index contributed by atoms with van der Waals surface area (Å²) in [5.74, 6) is -0.151. The Morgan fingerprint density at radius 2 is 2.22 bits per heavy atom. The van der Waals surface area contributed by atoms with Gasteiger partial charge in [0.15, 0.2) is 11.9 Å². The maximum Gasteiger partial charge on any atom is 0.406 e. The van der Waals surface area contributed by atoms with E-state index in [4.69, 9.17) is 9.26 Å². The van der Waals surface area contributed by atoms with Crippen molar-refractivity contribution in [3.8, 4) is 5.75 Å². The van der Waals surface area contributed by atoms with Crippen LogP contribution >= 0.6 is 0 Å². The van der Waals surface area contributed by atoms with E-state index in [1.807, 2.05) is 0 Å². The lowest BCUT2D eigenvalue weighted by molar-refractivity contribution is -0.390. The Labute approximate surface area is 131 Å². The van der Waals surface area contributed by atoms with Crippen molar-refractivity contribution in [3.05, 3.63) is 39.8 Å². The van der Waals surface area contributed by atoms with Crippen LogP contribution < -0.4 is 10.1 Å². The molecular weight excluding hydrogens is 304 g/mol. The van der Waals surface area contributed by atoms with Gasteiger partial charge in [0.2, 0.25) is 5.75 Å². The van der Waals surface area contributed by atoms with E-state index in [1.54, 1.807) is 32.9 Å². The van der Waals surface area contributed by atoms with Crippen molar-refractivity contribution < 1.29 is 19.0 Å². The van der Waals surface area contributed by atoms with Gasteiger partial charge in [-0.05, 0) is 35.4 Å². The van der Waals surface area contributed by atoms with Gasteiger partial charge in [-0.3, -0.25) is 4.79 Å². The molecule has 9 nitrogen and oxygen atoms in total. The van der Waals surface area contributed by atoms with E-state index >= 15 is 0 Å². The smallest absolute Gasteiger partial charge is 0.406 e. The predicted molar refractivity (Wildman–Crippen MR) is 80.2 cm³/mol. The molecule has 1 amide bonds. The molecule has 0 unspecified atom stereocenters. The summed E-state index contributed by atoms with van der Waals surface area (Å²) in [4.78, 5) is 26.4. The summed E-state index contributed by atoms with van der Waals surface area (Å²) < 4.78 is 10.3. The van der Waals surface area contributed by atoms with Gasteiger partial charge >= 0.3 is 5.82 Å². The zero-order chi connectivity index (χ0) is 17.0. The van der Waals surface area contributed by atoms with Crippen LogP contribution in [-0.2, 0) is 4.79 Å². The van der Waals surface area contributed by atoms with Gasteiger partial charge in [0.1, 0.15) is 11.5 Å². The molecular formula is C14H16N4O5. The van der Waals surface area contributed by atoms with E-state index in [2.05, 4.69) is 15.5 Å². The highest BCUT2D eigenvalue weighted by Gasteiger charge is 2.25. The van der Waals surface area contributed by atoms with Crippen LogP contribution in [0.5, 0.6) is 5.75 Å². The number of ether oxygens (including phenoxy) is 1. The molecule has 0 aliphatic carbocycles. The van der Waals surface area contributed by atoms with E-state index in [1.165, 1.54) is 6.07 Å². The number of nitrogens with zero attached hydrogens (tertiary/aromatic N) is 3. The van der Waals surface area contributed by atoms with E-state index in [0.717, 1.165) is 0 Å². The van der Waals surface area contributed by atoms with Gasteiger partial charge in [-0.15, -0.1) is 0 Å². The lowest BCUT2D eigenvalue weighted by Crippen LogP contribution is -2.32. The standard InChI is InChI=1S/C14H16N4O5/c1-4-10(14(19)16-12-7-9(3)23-17-12)22-11-6-5-8(2)15-13(11)18(20)21/h5-7,10H,4H2,1-3H3,(H,16,17,19)/t10-/m0/s1. The lowest BCUT2D eigenvalue weighted by Gasteiger charge is -2.16. The third kappa shape index (κ3) is 4.02. The number of nitrogens with one attached hydrogen (secondary N) is 1. The molecule has 122 valence electrons. The van der Waals surface area contributed by atoms with Crippen molar-refractivity contribution >= 4 is 17.5 Å². The fourth-order valence-electron chi connectivity index (χ4n) is 1.86. The Morgan fingerprint density at radius 3 is 2.78 bits per heavy atom. The van der Waals surface area contributed by atoms with Crippen molar-refractivity contribution in [1.82, 2.24) is 10.1 Å². The van der Waals surface area contributed by atoms with Crippen molar-refractivity contribution in [3.63, 3.8) is 0 Å². The first-order valence-corrected chi connectivity index (χ1v) is 6.93. The molecule has 2 aromatic heterocycles. The number of hydrogen-bond acceptors (Lipinski definition) is 7. The second-order valence-electron chi connectivity index (χ2n) is 4.86. The number of anilines is 1. The zero-order valence-corrected chi connectivity index (χ0v) is 12.9. The number of carbonyl (C=O) groups is 1. The zero-order valence-electron chi connectivity index (χ0n) is 12.9. The molecule has 0 aromatic carbocycles. The van der Waals surface area contributed by atoms with Crippen LogP contribution in [0.1, 0.15) is 24.8 Å². The van der Waals surface area contributed by atoms with Gasteiger partial charge < -0.3 is 24.7 Å². The fraction of sp³-hybridized carbons (Fsp3) is 0.357. The number of nitro groups is 1. The molecule has 2 heterocycles. The van der Waals surface area contributed by atoms with Gasteiger partial charge in [0.25, 0.3) is 5.91 Å². The van der Waals surface area contributed by atoms with Crippen LogP contribution in [0.3, 0.4) is 0 Å². The number of pyridine rings is 1. The number of rotatable bonds is 6. The molecule has 0 spiro atoms. The molecule has 0 saturated heterocycles. The van der Waals surface area contributed by atoms with Gasteiger partial charge in [-0.2, -0.15) is 0 Å². The number of amides is 1. The van der Waals surface area contributed by atoms with Crippen LogP contribution in [0, 0.1) is 24.0 Å². The average Bonchev–Trinajstić information content (AvgIpc) is 2.90. The Morgan fingerprint density at radius 1 is 1.48 bits per heavy atom. The highest BCUT2D eigenvalue weighted by molar-refractivity contribution is 5.93. The largest absolute Gasteiger partial charge is 0.472 e. The van der Waals surface area contributed by atoms with E-state index in [9.17, 15) is 14.9 Å². The molecule has 1 N–H and O–H groups in total. The first-order valence-electron chi connectivity index (χ1n) is 6.93. The van der Waals surface area contributed by atoms with Crippen LogP contribution in [-0.4, -0.2) is 27.1 Å². The Balaban J connectivity index is 2.16. The Bertz CT molecular complexity index is 728. The first kappa shape index (κ1) is 16.4. The van der Waals surface area contributed by atoms with Crippen LogP contribution in [0.25, 0.3) is 0 Å². The monoisotopic (exact) mass is 320 g/mol. The lowest BCUT2D eigenvalue weighted by atomic mass is 10.2. The van der Waals surface area contributed by atoms with Gasteiger partial charge in [0, 0.05) is 13.0 Å². The van der Waals surface area contributed by atoms with Crippen molar-refractivity contribution in [2.75, 3.05) is 5.32 Å². The average molecular weight is 320 g/mol. The third-order valence-corrected chi connectivity index (χ3v) is 2.96. The molecule has 2 rings (SSSR count). The maximum atomic E-state index is 12.2. The minimum absolute atomic E-state index is 0.0565. The highest BCUT2D eigenvalue weighted by Crippen LogP contribution is 2.26. The van der Waals surface area contributed by atoms with E-state index in [0.29, 0.717) is 17.9 Å². The van der Waals surface area contributed by atoms with Gasteiger partial charge in [-0.1, -0.05) is 12.1 Å². The summed E-state index contributed by atoms with van der Waals surface area (Å²) in [5.41, 5.74) is 0.486. The van der Waals surface area contributed by atoms with Crippen molar-refractivity contribution in [2.45, 2.75) is 33.3 Å². The molecule has 2 aromatic rings. The molecule has 0 aliphatic heterocycles. The van der Waals surface area contributed by atoms with E-state index < -0.39 is 22.8 Å². The van der Waals surface area contributed by atoms with Crippen molar-refractivity contribution in [2.24, 2.45) is 0 Å². The second kappa shape index (κ2) is 6.86. The molecule has 0 saturated carbocycles. The fourth-order valence-corrected chi connectivity index (χ4v) is 1.86. The number of carbonyl (C=O) groups excluding carboxylic acids is 1. The highest BCUT2D eigenvalue weighted by atomic mass is 16.6. The second-order valence-corrected chi connectivity index (χ2v) is 4.86. The summed E-state index contributed by atoms with van der Waals surface area (Å²) in [6.45, 7) is 5.05. The Kier molecular flexibility index (Phi) is 4.89. The maximum absolute atomic E-state index is 12.2. The van der Waals surface area contributed by atoms with Gasteiger partial charge in [-0.25, -0.2) is 0 Å². The first-order chi connectivity index (χ1) is 10.9. The summed E-state index contributed by atoms with van der Waals surface area (Å²) in [6.07, 6.45) is -0.608. The number of aryl methyl sites for hydroxylation is 2. The van der Waals surface area contributed by atoms with Crippen LogP contribution in [0.2, 0.25) is 0 Å². The van der Waals surface area contributed by atoms with Crippen molar-refractivity contribution in [1.29, 1.82) is 0 Å². The molecule has 23 heavy (non-hydrogen) atoms.